The van der Waals surface area contributed by atoms with Crippen LogP contribution in [0.15, 0.2) is 46.2 Å². The van der Waals surface area contributed by atoms with Crippen molar-refractivity contribution < 1.29 is 23.7 Å². The molecule has 0 amide bonds. The zero-order valence-corrected chi connectivity index (χ0v) is 21.5. The van der Waals surface area contributed by atoms with Crippen LogP contribution in [0.1, 0.15) is 58.1 Å². The van der Waals surface area contributed by atoms with Crippen molar-refractivity contribution in [1.82, 2.24) is 0 Å². The zero-order valence-electron chi connectivity index (χ0n) is 19.0. The summed E-state index contributed by atoms with van der Waals surface area (Å²) >= 11 is 8.02. The Balaban J connectivity index is 2.06. The highest BCUT2D eigenvalue weighted by Gasteiger charge is 2.22. The Labute approximate surface area is 200 Å². The lowest BCUT2D eigenvalue weighted by Gasteiger charge is -2.20. The predicted molar refractivity (Wildman–Crippen MR) is 130 cm³/mol. The average Bonchev–Trinajstić information content (AvgIpc) is 2.72. The number of phenols is 1. The molecule has 2 rings (SSSR count). The van der Waals surface area contributed by atoms with Crippen molar-refractivity contribution in [2.45, 2.75) is 68.6 Å². The average molecular weight is 502 g/mol. The molecule has 0 spiro atoms. The van der Waals surface area contributed by atoms with E-state index in [4.69, 9.17) is 22.0 Å². The summed E-state index contributed by atoms with van der Waals surface area (Å²) in [6.45, 7) is 8.55. The van der Waals surface area contributed by atoms with Crippen LogP contribution in [-0.2, 0) is 25.5 Å². The third-order valence-corrected chi connectivity index (χ3v) is 7.33. The van der Waals surface area contributed by atoms with Gasteiger partial charge in [0, 0.05) is 9.92 Å². The molecule has 0 bridgehead atoms. The van der Waals surface area contributed by atoms with E-state index in [1.165, 1.54) is 11.8 Å². The van der Waals surface area contributed by atoms with Crippen molar-refractivity contribution in [3.63, 3.8) is 0 Å². The van der Waals surface area contributed by atoms with Gasteiger partial charge in [0.1, 0.15) is 5.75 Å². The fourth-order valence-electron chi connectivity index (χ4n) is 3.29. The molecule has 6 nitrogen and oxygen atoms in total. The minimum absolute atomic E-state index is 0.0106. The minimum atomic E-state index is -4.19. The van der Waals surface area contributed by atoms with E-state index >= 15 is 0 Å². The van der Waals surface area contributed by atoms with E-state index in [0.717, 1.165) is 40.2 Å². The quantitative estimate of drug-likeness (QED) is 0.228. The van der Waals surface area contributed by atoms with Crippen molar-refractivity contribution in [3.8, 4) is 5.75 Å². The maximum Gasteiger partial charge on any atom is 0.488 e. The van der Waals surface area contributed by atoms with Crippen LogP contribution in [0.25, 0.3) is 0 Å². The van der Waals surface area contributed by atoms with Crippen molar-refractivity contribution in [2.24, 2.45) is 11.8 Å². The second kappa shape index (κ2) is 11.9. The van der Waals surface area contributed by atoms with Crippen LogP contribution >= 0.6 is 31.2 Å². The normalized spacial score (nSPS) is 14.8. The standard InChI is InChI=1S/C23H33ClNO5PS/c1-5-6-16(15-29-31(27,28)30-25)7-8-17-9-11-19(14-20(17)24)32-22-13-18(23(2,3)4)10-12-21(22)26/h9-14,16,26H,5-8,15,25H2,1-4H3,(H,27,28). The highest BCUT2D eigenvalue weighted by Crippen LogP contribution is 2.42. The highest BCUT2D eigenvalue weighted by atomic mass is 35.5. The maximum atomic E-state index is 11.5. The zero-order chi connectivity index (χ0) is 23.9. The molecule has 0 aliphatic rings. The highest BCUT2D eigenvalue weighted by molar-refractivity contribution is 7.99. The summed E-state index contributed by atoms with van der Waals surface area (Å²) in [5.41, 5.74) is 2.13. The van der Waals surface area contributed by atoms with Gasteiger partial charge in [0.15, 0.2) is 0 Å². The molecular weight excluding hydrogens is 469 g/mol. The van der Waals surface area contributed by atoms with E-state index in [2.05, 4.69) is 25.4 Å². The number of halogens is 1. The summed E-state index contributed by atoms with van der Waals surface area (Å²) in [5, 5.41) is 10.9. The van der Waals surface area contributed by atoms with E-state index < -0.39 is 7.82 Å². The third kappa shape index (κ3) is 8.38. The van der Waals surface area contributed by atoms with Gasteiger partial charge in [-0.3, -0.25) is 4.52 Å². The molecule has 0 saturated carbocycles. The Morgan fingerprint density at radius 2 is 1.91 bits per heavy atom. The molecule has 0 fully saturated rings. The van der Waals surface area contributed by atoms with Crippen LogP contribution in [0, 0.1) is 5.92 Å². The largest absolute Gasteiger partial charge is 0.507 e. The minimum Gasteiger partial charge on any atom is -0.507 e. The Morgan fingerprint density at radius 3 is 2.50 bits per heavy atom. The van der Waals surface area contributed by atoms with E-state index in [-0.39, 0.29) is 23.7 Å². The maximum absolute atomic E-state index is 11.5. The molecule has 2 unspecified atom stereocenters. The van der Waals surface area contributed by atoms with Crippen LogP contribution < -0.4 is 5.90 Å². The fourth-order valence-corrected chi connectivity index (χ4v) is 5.02. The second-order valence-corrected chi connectivity index (χ2v) is 11.8. The van der Waals surface area contributed by atoms with Crippen LogP contribution in [0.3, 0.4) is 0 Å². The van der Waals surface area contributed by atoms with Crippen LogP contribution in [0.2, 0.25) is 5.02 Å². The molecule has 2 aromatic carbocycles. The van der Waals surface area contributed by atoms with E-state index in [0.29, 0.717) is 11.4 Å². The molecule has 178 valence electrons. The Morgan fingerprint density at radius 1 is 1.19 bits per heavy atom. The molecule has 0 radical (unpaired) electrons. The van der Waals surface area contributed by atoms with Crippen molar-refractivity contribution >= 4 is 31.2 Å². The topological polar surface area (TPSA) is 102 Å². The Hall–Kier alpha value is -1.05. The van der Waals surface area contributed by atoms with E-state index in [9.17, 15) is 14.6 Å². The molecule has 4 N–H and O–H groups in total. The van der Waals surface area contributed by atoms with Gasteiger partial charge >= 0.3 is 7.82 Å². The van der Waals surface area contributed by atoms with Crippen LogP contribution in [0.4, 0.5) is 0 Å². The number of hydrogen-bond donors (Lipinski definition) is 3. The Kier molecular flexibility index (Phi) is 10.1. The van der Waals surface area contributed by atoms with Crippen molar-refractivity contribution in [2.75, 3.05) is 6.61 Å². The van der Waals surface area contributed by atoms with Gasteiger partial charge in [0.25, 0.3) is 0 Å². The first-order valence-electron chi connectivity index (χ1n) is 10.6. The predicted octanol–water partition coefficient (Wildman–Crippen LogP) is 6.85. The molecule has 0 heterocycles. The first kappa shape index (κ1) is 27.2. The first-order valence-corrected chi connectivity index (χ1v) is 13.3. The summed E-state index contributed by atoms with van der Waals surface area (Å²) in [4.78, 5) is 11.1. The molecule has 9 heteroatoms. The molecule has 0 aliphatic heterocycles. The number of rotatable bonds is 11. The summed E-state index contributed by atoms with van der Waals surface area (Å²) in [6, 6.07) is 11.6. The molecule has 0 saturated heterocycles. The summed E-state index contributed by atoms with van der Waals surface area (Å²) in [7, 11) is -4.19. The number of nitrogens with two attached hydrogens (primary N) is 1. The van der Waals surface area contributed by atoms with Gasteiger partial charge in [-0.1, -0.05) is 69.6 Å². The van der Waals surface area contributed by atoms with E-state index in [1.54, 1.807) is 6.07 Å². The van der Waals surface area contributed by atoms with Gasteiger partial charge in [0.2, 0.25) is 0 Å². The lowest BCUT2D eigenvalue weighted by Crippen LogP contribution is -2.12. The second-order valence-electron chi connectivity index (χ2n) is 8.85. The van der Waals surface area contributed by atoms with Gasteiger partial charge in [-0.25, -0.2) is 15.1 Å². The molecule has 0 aromatic heterocycles. The van der Waals surface area contributed by atoms with Gasteiger partial charge < -0.3 is 10.00 Å². The molecule has 2 aromatic rings. The summed E-state index contributed by atoms with van der Waals surface area (Å²) in [5.74, 6) is 5.11. The van der Waals surface area contributed by atoms with E-state index in [1.807, 2.05) is 37.3 Å². The van der Waals surface area contributed by atoms with Gasteiger partial charge in [-0.05, 0) is 66.0 Å². The summed E-state index contributed by atoms with van der Waals surface area (Å²) < 4.78 is 20.4. The number of phosphoric ester groups is 1. The molecule has 0 aliphatic carbocycles. The number of benzene rings is 2. The van der Waals surface area contributed by atoms with Crippen LogP contribution in [-0.4, -0.2) is 16.6 Å². The van der Waals surface area contributed by atoms with Crippen molar-refractivity contribution in [1.29, 1.82) is 0 Å². The monoisotopic (exact) mass is 501 g/mol. The van der Waals surface area contributed by atoms with Gasteiger partial charge in [-0.15, -0.1) is 0 Å². The lowest BCUT2D eigenvalue weighted by atomic mass is 9.87. The number of aryl methyl sites for hydroxylation is 1. The van der Waals surface area contributed by atoms with Crippen molar-refractivity contribution in [3.05, 3.63) is 52.5 Å². The number of hydrogen-bond acceptors (Lipinski definition) is 6. The smallest absolute Gasteiger partial charge is 0.488 e. The number of phenolic OH excluding ortho intramolecular Hbond substituents is 1. The van der Waals surface area contributed by atoms with Gasteiger partial charge in [-0.2, -0.15) is 0 Å². The SMILES string of the molecule is CCCC(CCc1ccc(Sc2cc(C(C)(C)C)ccc2O)cc1Cl)COP(=O)(O)ON. The summed E-state index contributed by atoms with van der Waals surface area (Å²) in [6.07, 6.45) is 3.23. The lowest BCUT2D eigenvalue weighted by molar-refractivity contribution is 0.127. The molecule has 2 atom stereocenters. The number of aromatic hydroxyl groups is 1. The fraction of sp³-hybridized carbons (Fsp3) is 0.478. The molecular formula is C23H33ClNO5PS. The number of phosphoric acid groups is 1. The van der Waals surface area contributed by atoms with Crippen LogP contribution in [0.5, 0.6) is 5.75 Å². The first-order chi connectivity index (χ1) is 14.9. The Bertz CT molecular complexity index is 950. The molecule has 32 heavy (non-hydrogen) atoms. The third-order valence-electron chi connectivity index (χ3n) is 5.20. The van der Waals surface area contributed by atoms with Gasteiger partial charge in [0.05, 0.1) is 11.5 Å².